The van der Waals surface area contributed by atoms with E-state index in [1.54, 1.807) is 0 Å². The van der Waals surface area contributed by atoms with E-state index in [0.717, 1.165) is 32.0 Å². The average Bonchev–Trinajstić information content (AvgIpc) is 3.27. The minimum atomic E-state index is -0.163. The van der Waals surface area contributed by atoms with Crippen molar-refractivity contribution in [2.24, 2.45) is 0 Å². The third-order valence-electron chi connectivity index (χ3n) is 3.99. The van der Waals surface area contributed by atoms with Gasteiger partial charge in [-0.1, -0.05) is 23.2 Å². The third-order valence-corrected chi connectivity index (χ3v) is 4.50. The zero-order valence-electron chi connectivity index (χ0n) is 11.1. The summed E-state index contributed by atoms with van der Waals surface area (Å²) < 4.78 is 0. The fourth-order valence-electron chi connectivity index (χ4n) is 2.70. The Balaban J connectivity index is 1.57. The molecule has 1 aliphatic heterocycles. The van der Waals surface area contributed by atoms with Crippen LogP contribution in [0.4, 0.5) is 0 Å². The molecule has 2 heterocycles. The van der Waals surface area contributed by atoms with Gasteiger partial charge < -0.3 is 10.2 Å². The third kappa shape index (κ3) is 3.25. The van der Waals surface area contributed by atoms with Crippen LogP contribution in [0.2, 0.25) is 10.2 Å². The minimum absolute atomic E-state index is 0.163. The Morgan fingerprint density at radius 2 is 1.95 bits per heavy atom. The van der Waals surface area contributed by atoms with Crippen molar-refractivity contribution in [3.63, 3.8) is 0 Å². The number of amides is 1. The van der Waals surface area contributed by atoms with E-state index in [1.165, 1.54) is 25.1 Å². The Bertz CT molecular complexity index is 511. The molecule has 0 spiro atoms. The second kappa shape index (κ2) is 5.88. The van der Waals surface area contributed by atoms with E-state index >= 15 is 0 Å². The maximum atomic E-state index is 12.2. The summed E-state index contributed by atoms with van der Waals surface area (Å²) >= 11 is 11.8. The summed E-state index contributed by atoms with van der Waals surface area (Å²) in [7, 11) is 0. The lowest BCUT2D eigenvalue weighted by atomic mass is 10.0. The molecule has 20 heavy (non-hydrogen) atoms. The summed E-state index contributed by atoms with van der Waals surface area (Å²) in [6.45, 7) is 2.14. The number of carbonyl (C=O) groups excluding carboxylic acids is 1. The zero-order valence-corrected chi connectivity index (χ0v) is 12.6. The van der Waals surface area contributed by atoms with Crippen LogP contribution in [-0.4, -0.2) is 41.0 Å². The summed E-state index contributed by atoms with van der Waals surface area (Å²) in [6, 6.07) is 2.54. The number of halogens is 2. The summed E-state index contributed by atoms with van der Waals surface area (Å²) in [6.07, 6.45) is 6.08. The van der Waals surface area contributed by atoms with Crippen LogP contribution < -0.4 is 5.32 Å². The molecular formula is C14H17Cl2N3O. The highest BCUT2D eigenvalue weighted by molar-refractivity contribution is 6.35. The van der Waals surface area contributed by atoms with Crippen LogP contribution >= 0.6 is 23.2 Å². The van der Waals surface area contributed by atoms with Crippen LogP contribution in [-0.2, 0) is 0 Å². The van der Waals surface area contributed by atoms with Crippen molar-refractivity contribution in [1.82, 2.24) is 15.2 Å². The van der Waals surface area contributed by atoms with Gasteiger partial charge >= 0.3 is 0 Å². The minimum Gasteiger partial charge on any atom is -0.349 e. The molecule has 2 aliphatic rings. The highest BCUT2D eigenvalue weighted by Gasteiger charge is 2.32. The summed E-state index contributed by atoms with van der Waals surface area (Å²) in [4.78, 5) is 18.6. The van der Waals surface area contributed by atoms with E-state index in [0.29, 0.717) is 10.6 Å². The molecule has 2 fully saturated rings. The molecule has 0 bridgehead atoms. The van der Waals surface area contributed by atoms with E-state index < -0.39 is 0 Å². The number of rotatable bonds is 3. The molecule has 1 aromatic heterocycles. The van der Waals surface area contributed by atoms with Gasteiger partial charge in [-0.3, -0.25) is 4.79 Å². The van der Waals surface area contributed by atoms with Crippen LogP contribution in [0, 0.1) is 0 Å². The molecule has 0 unspecified atom stereocenters. The van der Waals surface area contributed by atoms with Crippen molar-refractivity contribution in [2.45, 2.75) is 37.8 Å². The zero-order chi connectivity index (χ0) is 14.1. The topological polar surface area (TPSA) is 45.2 Å². The molecule has 6 heteroatoms. The molecule has 3 rings (SSSR count). The van der Waals surface area contributed by atoms with Crippen molar-refractivity contribution >= 4 is 29.1 Å². The molecule has 108 valence electrons. The second-order valence-corrected chi connectivity index (χ2v) is 6.30. The lowest BCUT2D eigenvalue weighted by Crippen LogP contribution is -2.45. The van der Waals surface area contributed by atoms with E-state index in [-0.39, 0.29) is 17.1 Å². The van der Waals surface area contributed by atoms with Crippen LogP contribution in [0.5, 0.6) is 0 Å². The maximum Gasteiger partial charge on any atom is 0.253 e. The van der Waals surface area contributed by atoms with Crippen molar-refractivity contribution in [1.29, 1.82) is 0 Å². The van der Waals surface area contributed by atoms with E-state index in [1.807, 2.05) is 0 Å². The fraction of sp³-hybridized carbons (Fsp3) is 0.571. The van der Waals surface area contributed by atoms with Crippen LogP contribution in [0.3, 0.4) is 0 Å². The molecule has 1 saturated heterocycles. The van der Waals surface area contributed by atoms with Gasteiger partial charge in [0.15, 0.2) is 0 Å². The first-order valence-electron chi connectivity index (χ1n) is 6.99. The second-order valence-electron chi connectivity index (χ2n) is 5.50. The number of nitrogens with zero attached hydrogens (tertiary/aromatic N) is 2. The van der Waals surface area contributed by atoms with Gasteiger partial charge in [0.25, 0.3) is 5.91 Å². The number of likely N-dealkylation sites (tertiary alicyclic amines) is 1. The Hall–Kier alpha value is -0.840. The Morgan fingerprint density at radius 1 is 1.25 bits per heavy atom. The molecule has 0 atom stereocenters. The SMILES string of the molecule is O=C(NC1CCN(C2CC2)CC1)c1cc(Cl)ncc1Cl. The van der Waals surface area contributed by atoms with Gasteiger partial charge in [-0.25, -0.2) is 4.98 Å². The molecule has 1 saturated carbocycles. The van der Waals surface area contributed by atoms with Gasteiger partial charge in [0.1, 0.15) is 5.15 Å². The highest BCUT2D eigenvalue weighted by Crippen LogP contribution is 2.29. The van der Waals surface area contributed by atoms with Gasteiger partial charge in [0.05, 0.1) is 10.6 Å². The fourth-order valence-corrected chi connectivity index (χ4v) is 3.05. The largest absolute Gasteiger partial charge is 0.349 e. The maximum absolute atomic E-state index is 12.2. The molecule has 1 aliphatic carbocycles. The number of piperidine rings is 1. The molecule has 4 nitrogen and oxygen atoms in total. The number of aromatic nitrogens is 1. The Labute approximate surface area is 128 Å². The van der Waals surface area contributed by atoms with Crippen molar-refractivity contribution in [2.75, 3.05) is 13.1 Å². The number of carbonyl (C=O) groups is 1. The first-order chi connectivity index (χ1) is 9.63. The van der Waals surface area contributed by atoms with Gasteiger partial charge in [-0.15, -0.1) is 0 Å². The average molecular weight is 314 g/mol. The summed E-state index contributed by atoms with van der Waals surface area (Å²) in [5, 5.41) is 3.66. The van der Waals surface area contributed by atoms with Crippen molar-refractivity contribution < 1.29 is 4.79 Å². The molecule has 1 N–H and O–H groups in total. The Kier molecular flexibility index (Phi) is 4.15. The van der Waals surface area contributed by atoms with Crippen LogP contribution in [0.15, 0.2) is 12.3 Å². The molecule has 0 radical (unpaired) electrons. The number of hydrogen-bond donors (Lipinski definition) is 1. The summed E-state index contributed by atoms with van der Waals surface area (Å²) in [5.74, 6) is -0.163. The first kappa shape index (κ1) is 14.1. The molecule has 0 aromatic carbocycles. The lowest BCUT2D eigenvalue weighted by molar-refractivity contribution is 0.0909. The van der Waals surface area contributed by atoms with E-state index in [2.05, 4.69) is 15.2 Å². The molecule has 1 amide bonds. The van der Waals surface area contributed by atoms with Crippen molar-refractivity contribution in [3.8, 4) is 0 Å². The standard InChI is InChI=1S/C14H17Cl2N3O/c15-12-8-17-13(16)7-11(12)14(20)18-9-3-5-19(6-4-9)10-1-2-10/h7-10H,1-6H2,(H,18,20). The molecular weight excluding hydrogens is 297 g/mol. The normalized spacial score (nSPS) is 20.9. The van der Waals surface area contributed by atoms with Gasteiger partial charge in [-0.05, 0) is 31.7 Å². The van der Waals surface area contributed by atoms with E-state index in [9.17, 15) is 4.79 Å². The van der Waals surface area contributed by atoms with Crippen LogP contribution in [0.1, 0.15) is 36.0 Å². The number of hydrogen-bond acceptors (Lipinski definition) is 3. The number of nitrogens with one attached hydrogen (secondary N) is 1. The Morgan fingerprint density at radius 3 is 2.60 bits per heavy atom. The monoisotopic (exact) mass is 313 g/mol. The van der Waals surface area contributed by atoms with E-state index in [4.69, 9.17) is 23.2 Å². The molecule has 1 aromatic rings. The predicted molar refractivity (Wildman–Crippen MR) is 79.3 cm³/mol. The number of pyridine rings is 1. The smallest absolute Gasteiger partial charge is 0.253 e. The summed E-state index contributed by atoms with van der Waals surface area (Å²) in [5.41, 5.74) is 0.399. The van der Waals surface area contributed by atoms with Gasteiger partial charge in [-0.2, -0.15) is 0 Å². The van der Waals surface area contributed by atoms with Crippen LogP contribution in [0.25, 0.3) is 0 Å². The van der Waals surface area contributed by atoms with Crippen molar-refractivity contribution in [3.05, 3.63) is 28.0 Å². The van der Waals surface area contributed by atoms with Gasteiger partial charge in [0, 0.05) is 31.4 Å². The lowest BCUT2D eigenvalue weighted by Gasteiger charge is -2.32. The predicted octanol–water partition coefficient (Wildman–Crippen LogP) is 2.75. The first-order valence-corrected chi connectivity index (χ1v) is 7.75. The van der Waals surface area contributed by atoms with Gasteiger partial charge in [0.2, 0.25) is 0 Å². The quantitative estimate of drug-likeness (QED) is 0.873. The highest BCUT2D eigenvalue weighted by atomic mass is 35.5.